The Hall–Kier alpha value is -1.55. The number of ether oxygens (including phenoxy) is 1. The monoisotopic (exact) mass is 276 g/mol. The van der Waals surface area contributed by atoms with Crippen LogP contribution in [0.2, 0.25) is 0 Å². The predicted molar refractivity (Wildman–Crippen MR) is 81.7 cm³/mol. The van der Waals surface area contributed by atoms with Crippen molar-refractivity contribution >= 4 is 11.5 Å². The second-order valence-corrected chi connectivity index (χ2v) is 5.19. The average Bonchev–Trinajstić information content (AvgIpc) is 2.50. The normalized spacial score (nSPS) is 17.0. The summed E-state index contributed by atoms with van der Waals surface area (Å²) in [6.45, 7) is 6.35. The highest BCUT2D eigenvalue weighted by molar-refractivity contribution is 5.98. The zero-order chi connectivity index (χ0) is 14.4. The highest BCUT2D eigenvalue weighted by atomic mass is 16.5. The van der Waals surface area contributed by atoms with Gasteiger partial charge in [0.1, 0.15) is 11.9 Å². The number of carbonyl (C=O) groups is 1. The molecule has 1 atom stereocenters. The van der Waals surface area contributed by atoms with Crippen molar-refractivity contribution < 1.29 is 9.53 Å². The van der Waals surface area contributed by atoms with Gasteiger partial charge in [-0.2, -0.15) is 0 Å². The number of carbonyl (C=O) groups excluding carboxylic acids is 1. The molecule has 0 aliphatic carbocycles. The summed E-state index contributed by atoms with van der Waals surface area (Å²) in [6.07, 6.45) is 3.44. The van der Waals surface area contributed by atoms with E-state index in [-0.39, 0.29) is 11.9 Å². The first-order valence-electron chi connectivity index (χ1n) is 7.53. The Kier molecular flexibility index (Phi) is 5.41. The first-order valence-corrected chi connectivity index (χ1v) is 7.53. The Balaban J connectivity index is 1.95. The van der Waals surface area contributed by atoms with Crippen LogP contribution in [0.4, 0.5) is 5.69 Å². The number of nitrogens with one attached hydrogen (secondary N) is 2. The van der Waals surface area contributed by atoms with Crippen LogP contribution in [0, 0.1) is 0 Å². The van der Waals surface area contributed by atoms with E-state index in [0.29, 0.717) is 6.54 Å². The molecule has 0 radical (unpaired) electrons. The van der Waals surface area contributed by atoms with E-state index in [0.717, 1.165) is 49.4 Å². The lowest BCUT2D eigenvalue weighted by molar-refractivity contribution is 0.0991. The molecule has 2 rings (SSSR count). The molecule has 0 saturated carbocycles. The second-order valence-electron chi connectivity index (χ2n) is 5.19. The minimum Gasteiger partial charge on any atom is -0.486 e. The van der Waals surface area contributed by atoms with E-state index in [1.54, 1.807) is 0 Å². The molecule has 1 aliphatic rings. The maximum absolute atomic E-state index is 12.1. The molecule has 1 aliphatic heterocycles. The molecule has 0 fully saturated rings. The number of Topliss-reactive ketones (excluding diaryl/α,β-unsaturated/α-hetero) is 1. The van der Waals surface area contributed by atoms with Crippen LogP contribution >= 0.6 is 0 Å². The largest absolute Gasteiger partial charge is 0.486 e. The number of anilines is 1. The fraction of sp³-hybridized carbons (Fsp3) is 0.562. The highest BCUT2D eigenvalue weighted by Crippen LogP contribution is 2.30. The molecule has 2 N–H and O–H groups in total. The van der Waals surface area contributed by atoms with Gasteiger partial charge in [-0.15, -0.1) is 0 Å². The topological polar surface area (TPSA) is 50.4 Å². The zero-order valence-corrected chi connectivity index (χ0v) is 12.4. The van der Waals surface area contributed by atoms with E-state index in [1.807, 2.05) is 18.2 Å². The molecular weight excluding hydrogens is 252 g/mol. The fourth-order valence-electron chi connectivity index (χ4n) is 2.22. The molecule has 20 heavy (non-hydrogen) atoms. The summed E-state index contributed by atoms with van der Waals surface area (Å²) in [7, 11) is 0. The molecule has 1 aromatic rings. The molecule has 0 aromatic heterocycles. The molecule has 1 heterocycles. The molecule has 0 bridgehead atoms. The Labute approximate surface area is 120 Å². The molecule has 0 spiro atoms. The smallest absolute Gasteiger partial charge is 0.176 e. The molecule has 0 saturated heterocycles. The lowest BCUT2D eigenvalue weighted by Gasteiger charge is -2.26. The fourth-order valence-corrected chi connectivity index (χ4v) is 2.22. The van der Waals surface area contributed by atoms with Crippen molar-refractivity contribution in [3.05, 3.63) is 23.8 Å². The van der Waals surface area contributed by atoms with E-state index in [4.69, 9.17) is 4.74 Å². The number of rotatable bonds is 7. The summed E-state index contributed by atoms with van der Waals surface area (Å²) in [4.78, 5) is 12.1. The summed E-state index contributed by atoms with van der Waals surface area (Å²) in [6, 6.07) is 5.64. The van der Waals surface area contributed by atoms with Crippen LogP contribution in [0.25, 0.3) is 0 Å². The van der Waals surface area contributed by atoms with Crippen LogP contribution in [-0.4, -0.2) is 31.5 Å². The number of hydrogen-bond acceptors (Lipinski definition) is 4. The standard InChI is InChI=1S/C16H24N2O2/c1-3-5-8-17-11-15(19)12-6-7-16-14(9-12)18-10-13(4-2)20-16/h6-7,9,13,17-18H,3-5,8,10-11H2,1-2H3. The van der Waals surface area contributed by atoms with Crippen LogP contribution in [0.3, 0.4) is 0 Å². The maximum Gasteiger partial charge on any atom is 0.176 e. The first kappa shape index (κ1) is 14.9. The van der Waals surface area contributed by atoms with E-state index in [9.17, 15) is 4.79 Å². The quantitative estimate of drug-likeness (QED) is 0.594. The molecular formula is C16H24N2O2. The summed E-state index contributed by atoms with van der Waals surface area (Å²) < 4.78 is 5.84. The second kappa shape index (κ2) is 7.29. The van der Waals surface area contributed by atoms with Gasteiger partial charge in [-0.05, 0) is 37.6 Å². The van der Waals surface area contributed by atoms with E-state index >= 15 is 0 Å². The third-order valence-electron chi connectivity index (χ3n) is 3.56. The van der Waals surface area contributed by atoms with Gasteiger partial charge in [-0.25, -0.2) is 0 Å². The van der Waals surface area contributed by atoms with Crippen molar-refractivity contribution in [3.8, 4) is 5.75 Å². The van der Waals surface area contributed by atoms with Gasteiger partial charge in [-0.1, -0.05) is 20.3 Å². The van der Waals surface area contributed by atoms with Crippen molar-refractivity contribution in [1.29, 1.82) is 0 Å². The number of ketones is 1. The van der Waals surface area contributed by atoms with Gasteiger partial charge in [0, 0.05) is 5.56 Å². The number of benzene rings is 1. The van der Waals surface area contributed by atoms with Gasteiger partial charge in [0.2, 0.25) is 0 Å². The molecule has 4 heteroatoms. The molecule has 0 amide bonds. The molecule has 1 aromatic carbocycles. The predicted octanol–water partition coefficient (Wildman–Crippen LogP) is 2.84. The van der Waals surface area contributed by atoms with Crippen LogP contribution in [0.1, 0.15) is 43.5 Å². The summed E-state index contributed by atoms with van der Waals surface area (Å²) in [5, 5.41) is 6.52. The number of fused-ring (bicyclic) bond motifs is 1. The van der Waals surface area contributed by atoms with Gasteiger partial charge in [0.05, 0.1) is 18.8 Å². The van der Waals surface area contributed by atoms with Gasteiger partial charge in [-0.3, -0.25) is 4.79 Å². The first-order chi connectivity index (χ1) is 9.74. The summed E-state index contributed by atoms with van der Waals surface area (Å²) in [5.41, 5.74) is 1.66. The van der Waals surface area contributed by atoms with E-state index < -0.39 is 0 Å². The van der Waals surface area contributed by atoms with Crippen LogP contribution in [0.5, 0.6) is 5.75 Å². The SMILES string of the molecule is CCCCNCC(=O)c1ccc2c(c1)NCC(CC)O2. The van der Waals surface area contributed by atoms with Crippen molar-refractivity contribution in [2.45, 2.75) is 39.2 Å². The van der Waals surface area contributed by atoms with Gasteiger partial charge in [0.15, 0.2) is 5.78 Å². The van der Waals surface area contributed by atoms with Crippen LogP contribution in [0.15, 0.2) is 18.2 Å². The summed E-state index contributed by atoms with van der Waals surface area (Å²) in [5.74, 6) is 0.974. The number of hydrogen-bond donors (Lipinski definition) is 2. The molecule has 110 valence electrons. The minimum atomic E-state index is 0.128. The van der Waals surface area contributed by atoms with Gasteiger partial charge >= 0.3 is 0 Å². The highest BCUT2D eigenvalue weighted by Gasteiger charge is 2.18. The number of unbranched alkanes of at least 4 members (excludes halogenated alkanes) is 1. The average molecular weight is 276 g/mol. The zero-order valence-electron chi connectivity index (χ0n) is 12.4. The van der Waals surface area contributed by atoms with Crippen LogP contribution < -0.4 is 15.4 Å². The third-order valence-corrected chi connectivity index (χ3v) is 3.56. The Bertz CT molecular complexity index is 460. The van der Waals surface area contributed by atoms with Crippen molar-refractivity contribution in [2.75, 3.05) is 25.0 Å². The van der Waals surface area contributed by atoms with E-state index in [2.05, 4.69) is 24.5 Å². The molecule has 4 nitrogen and oxygen atoms in total. The van der Waals surface area contributed by atoms with E-state index in [1.165, 1.54) is 0 Å². The third kappa shape index (κ3) is 3.73. The van der Waals surface area contributed by atoms with Crippen molar-refractivity contribution in [1.82, 2.24) is 5.32 Å². The summed E-state index contributed by atoms with van der Waals surface area (Å²) >= 11 is 0. The maximum atomic E-state index is 12.1. The Morgan fingerprint density at radius 2 is 2.30 bits per heavy atom. The van der Waals surface area contributed by atoms with Crippen LogP contribution in [-0.2, 0) is 0 Å². The Morgan fingerprint density at radius 1 is 1.45 bits per heavy atom. The van der Waals surface area contributed by atoms with Crippen molar-refractivity contribution in [3.63, 3.8) is 0 Å². The lowest BCUT2D eigenvalue weighted by atomic mass is 10.1. The van der Waals surface area contributed by atoms with Gasteiger partial charge in [0.25, 0.3) is 0 Å². The minimum absolute atomic E-state index is 0.128. The van der Waals surface area contributed by atoms with Crippen molar-refractivity contribution in [2.24, 2.45) is 0 Å². The van der Waals surface area contributed by atoms with Gasteiger partial charge < -0.3 is 15.4 Å². The Morgan fingerprint density at radius 3 is 3.05 bits per heavy atom. The lowest BCUT2D eigenvalue weighted by Crippen LogP contribution is -2.30. The molecule has 1 unspecified atom stereocenters.